The van der Waals surface area contributed by atoms with Crippen LogP contribution < -0.4 is 5.30 Å². The molecule has 0 heterocycles. The number of halogens is 2. The summed E-state index contributed by atoms with van der Waals surface area (Å²) >= 11 is 0. The molecule has 0 aliphatic rings. The van der Waals surface area contributed by atoms with Gasteiger partial charge in [0, 0.05) is 5.56 Å². The largest absolute Gasteiger partial charge is 0.356 e. The van der Waals surface area contributed by atoms with Crippen LogP contribution in [0.25, 0.3) is 0 Å². The molecule has 1 aromatic carbocycles. The van der Waals surface area contributed by atoms with Gasteiger partial charge >= 0.3 is 7.60 Å². The molecule has 0 aliphatic carbocycles. The summed E-state index contributed by atoms with van der Waals surface area (Å²) in [7, 11) is -4.31. The Morgan fingerprint density at radius 3 is 1.92 bits per heavy atom. The van der Waals surface area contributed by atoms with E-state index in [4.69, 9.17) is 9.79 Å². The summed E-state index contributed by atoms with van der Waals surface area (Å²) in [4.78, 5) is 17.3. The third-order valence-corrected chi connectivity index (χ3v) is 2.45. The highest BCUT2D eigenvalue weighted by molar-refractivity contribution is 7.60. The first-order valence-corrected chi connectivity index (χ1v) is 4.97. The van der Waals surface area contributed by atoms with Crippen LogP contribution in [0, 0.1) is 0 Å². The lowest BCUT2D eigenvalue weighted by molar-refractivity contribution is 0.151. The van der Waals surface area contributed by atoms with Crippen molar-refractivity contribution in [1.82, 2.24) is 0 Å². The predicted molar refractivity (Wildman–Crippen MR) is 43.1 cm³/mol. The van der Waals surface area contributed by atoms with Crippen LogP contribution in [-0.2, 0) is 4.57 Å². The predicted octanol–water partition coefficient (Wildman–Crippen LogP) is 1.43. The van der Waals surface area contributed by atoms with E-state index < -0.39 is 14.0 Å². The Morgan fingerprint density at radius 1 is 1.15 bits per heavy atom. The molecule has 3 nitrogen and oxygen atoms in total. The second-order valence-corrected chi connectivity index (χ2v) is 4.04. The van der Waals surface area contributed by atoms with Crippen LogP contribution in [0.15, 0.2) is 24.3 Å². The van der Waals surface area contributed by atoms with Crippen LogP contribution in [0.3, 0.4) is 0 Å². The molecule has 0 fully saturated rings. The SMILES string of the molecule is O=P(O)(O)c1ccc(C(F)F)cc1. The lowest BCUT2D eigenvalue weighted by Crippen LogP contribution is -2.03. The molecule has 0 spiro atoms. The third kappa shape index (κ3) is 2.59. The Morgan fingerprint density at radius 2 is 1.62 bits per heavy atom. The number of hydrogen-bond acceptors (Lipinski definition) is 1. The fourth-order valence-corrected chi connectivity index (χ4v) is 1.35. The fraction of sp³-hybridized carbons (Fsp3) is 0.143. The molecule has 2 N–H and O–H groups in total. The van der Waals surface area contributed by atoms with Crippen LogP contribution in [0.2, 0.25) is 0 Å². The molecular formula is C7H7F2O3P. The molecule has 6 heteroatoms. The molecule has 0 aromatic heterocycles. The van der Waals surface area contributed by atoms with Crippen molar-refractivity contribution in [2.45, 2.75) is 6.43 Å². The fourth-order valence-electron chi connectivity index (χ4n) is 0.814. The van der Waals surface area contributed by atoms with Crippen molar-refractivity contribution in [3.05, 3.63) is 29.8 Å². The smallest absolute Gasteiger partial charge is 0.321 e. The average Bonchev–Trinajstić information content (AvgIpc) is 2.03. The number of benzene rings is 1. The van der Waals surface area contributed by atoms with E-state index in [-0.39, 0.29) is 10.9 Å². The first-order chi connectivity index (χ1) is 5.91. The van der Waals surface area contributed by atoms with Gasteiger partial charge in [0.05, 0.1) is 5.30 Å². The quantitative estimate of drug-likeness (QED) is 0.722. The molecule has 0 aliphatic heterocycles. The molecule has 0 saturated heterocycles. The van der Waals surface area contributed by atoms with Crippen molar-refractivity contribution in [3.8, 4) is 0 Å². The molecule has 0 unspecified atom stereocenters. The number of rotatable bonds is 2. The Bertz CT molecular complexity index is 330. The molecule has 0 amide bonds. The maximum absolute atomic E-state index is 12.0. The third-order valence-electron chi connectivity index (χ3n) is 1.48. The summed E-state index contributed by atoms with van der Waals surface area (Å²) in [6, 6.07) is 4.00. The Kier molecular flexibility index (Phi) is 2.81. The lowest BCUT2D eigenvalue weighted by atomic mass is 10.2. The summed E-state index contributed by atoms with van der Waals surface area (Å²) in [5.41, 5.74) is -0.253. The normalized spacial score (nSPS) is 12.1. The highest BCUT2D eigenvalue weighted by atomic mass is 31.2. The van der Waals surface area contributed by atoms with Gasteiger partial charge in [-0.05, 0) is 12.1 Å². The Balaban J connectivity index is 3.01. The zero-order chi connectivity index (χ0) is 10.1. The topological polar surface area (TPSA) is 57.5 Å². The zero-order valence-corrected chi connectivity index (χ0v) is 7.29. The molecule has 1 aromatic rings. The highest BCUT2D eigenvalue weighted by Crippen LogP contribution is 2.33. The molecule has 0 bridgehead atoms. The molecule has 0 radical (unpaired) electrons. The summed E-state index contributed by atoms with van der Waals surface area (Å²) < 4.78 is 34.6. The maximum atomic E-state index is 12.0. The van der Waals surface area contributed by atoms with Gasteiger partial charge in [-0.25, -0.2) is 8.78 Å². The van der Waals surface area contributed by atoms with Crippen LogP contribution >= 0.6 is 7.60 Å². The Labute approximate surface area is 73.2 Å². The number of alkyl halides is 2. The van der Waals surface area contributed by atoms with Crippen molar-refractivity contribution in [3.63, 3.8) is 0 Å². The van der Waals surface area contributed by atoms with E-state index in [2.05, 4.69) is 0 Å². The van der Waals surface area contributed by atoms with E-state index in [1.54, 1.807) is 0 Å². The minimum absolute atomic E-state index is 0.253. The molecule has 1 rings (SSSR count). The van der Waals surface area contributed by atoms with Crippen molar-refractivity contribution in [2.75, 3.05) is 0 Å². The minimum atomic E-state index is -4.31. The van der Waals surface area contributed by atoms with Crippen molar-refractivity contribution >= 4 is 12.9 Å². The van der Waals surface area contributed by atoms with Gasteiger partial charge in [0.15, 0.2) is 0 Å². The van der Waals surface area contributed by atoms with Crippen LogP contribution in [0.4, 0.5) is 8.78 Å². The van der Waals surface area contributed by atoms with Gasteiger partial charge in [0.1, 0.15) is 0 Å². The molecular weight excluding hydrogens is 201 g/mol. The molecule has 72 valence electrons. The second-order valence-electron chi connectivity index (χ2n) is 2.44. The van der Waals surface area contributed by atoms with Gasteiger partial charge in [-0.15, -0.1) is 0 Å². The van der Waals surface area contributed by atoms with E-state index in [0.717, 1.165) is 24.3 Å². The summed E-state index contributed by atoms with van der Waals surface area (Å²) in [5.74, 6) is 0. The first kappa shape index (κ1) is 10.3. The average molecular weight is 208 g/mol. The van der Waals surface area contributed by atoms with E-state index in [0.29, 0.717) is 0 Å². The Hall–Kier alpha value is -0.770. The van der Waals surface area contributed by atoms with Crippen LogP contribution in [0.1, 0.15) is 12.0 Å². The standard InChI is InChI=1S/C7H7F2O3P/c8-7(9)5-1-3-6(4-2-5)13(10,11)12/h1-4,7H,(H2,10,11,12). The first-order valence-electron chi connectivity index (χ1n) is 3.35. The van der Waals surface area contributed by atoms with Gasteiger partial charge in [-0.2, -0.15) is 0 Å². The van der Waals surface area contributed by atoms with E-state index in [1.165, 1.54) is 0 Å². The summed E-state index contributed by atoms with van der Waals surface area (Å²) in [5, 5.41) is -0.253. The summed E-state index contributed by atoms with van der Waals surface area (Å²) in [6.45, 7) is 0. The van der Waals surface area contributed by atoms with E-state index >= 15 is 0 Å². The second kappa shape index (κ2) is 3.54. The van der Waals surface area contributed by atoms with E-state index in [1.807, 2.05) is 0 Å². The number of hydrogen-bond donors (Lipinski definition) is 2. The molecule has 13 heavy (non-hydrogen) atoms. The van der Waals surface area contributed by atoms with Gasteiger partial charge in [0.25, 0.3) is 6.43 Å². The van der Waals surface area contributed by atoms with Crippen LogP contribution in [-0.4, -0.2) is 9.79 Å². The van der Waals surface area contributed by atoms with Crippen molar-refractivity contribution < 1.29 is 23.1 Å². The zero-order valence-electron chi connectivity index (χ0n) is 6.39. The van der Waals surface area contributed by atoms with Gasteiger partial charge in [-0.1, -0.05) is 12.1 Å². The minimum Gasteiger partial charge on any atom is -0.321 e. The van der Waals surface area contributed by atoms with Gasteiger partial charge in [-0.3, -0.25) is 4.57 Å². The van der Waals surface area contributed by atoms with Gasteiger partial charge in [0.2, 0.25) is 0 Å². The maximum Gasteiger partial charge on any atom is 0.356 e. The monoisotopic (exact) mass is 208 g/mol. The van der Waals surface area contributed by atoms with Crippen LogP contribution in [0.5, 0.6) is 0 Å². The summed E-state index contributed by atoms with van der Waals surface area (Å²) in [6.07, 6.45) is -2.62. The lowest BCUT2D eigenvalue weighted by Gasteiger charge is -2.04. The van der Waals surface area contributed by atoms with Crippen molar-refractivity contribution in [1.29, 1.82) is 0 Å². The molecule has 0 saturated carbocycles. The molecule has 0 atom stereocenters. The van der Waals surface area contributed by atoms with Crippen molar-refractivity contribution in [2.24, 2.45) is 0 Å². The van der Waals surface area contributed by atoms with E-state index in [9.17, 15) is 13.3 Å². The van der Waals surface area contributed by atoms with Gasteiger partial charge < -0.3 is 9.79 Å². The highest BCUT2D eigenvalue weighted by Gasteiger charge is 2.17.